The maximum Gasteiger partial charge on any atom is 0.228 e. The Morgan fingerprint density at radius 1 is 1.18 bits per heavy atom. The van der Waals surface area contributed by atoms with Gasteiger partial charge in [0, 0.05) is 43.3 Å². The first kappa shape index (κ1) is 22.9. The van der Waals surface area contributed by atoms with Crippen molar-refractivity contribution in [3.05, 3.63) is 96.6 Å². The van der Waals surface area contributed by atoms with Crippen LogP contribution in [0.15, 0.2) is 79.6 Å². The van der Waals surface area contributed by atoms with Gasteiger partial charge in [-0.25, -0.2) is 0 Å². The molecule has 2 aromatic heterocycles. The van der Waals surface area contributed by atoms with Crippen LogP contribution >= 0.6 is 0 Å². The number of pyridine rings is 2. The lowest BCUT2D eigenvalue weighted by molar-refractivity contribution is -0.134. The Labute approximate surface area is 196 Å². The largest absolute Gasteiger partial charge is 0.352 e. The summed E-state index contributed by atoms with van der Waals surface area (Å²) in [5.74, 6) is 0.102. The number of amides is 1. The predicted octanol–water partition coefficient (Wildman–Crippen LogP) is 4.58. The van der Waals surface area contributed by atoms with E-state index in [2.05, 4.69) is 63.2 Å². The summed E-state index contributed by atoms with van der Waals surface area (Å²) in [7, 11) is 0. The molecule has 1 amide bonds. The number of nitrogens with one attached hydrogen (secondary N) is 1. The second-order valence-corrected chi connectivity index (χ2v) is 8.94. The van der Waals surface area contributed by atoms with Gasteiger partial charge in [0.15, 0.2) is 0 Å². The van der Waals surface area contributed by atoms with Crippen molar-refractivity contribution in [1.29, 1.82) is 0 Å². The number of rotatable bonds is 8. The van der Waals surface area contributed by atoms with Gasteiger partial charge in [-0.1, -0.05) is 42.5 Å². The third kappa shape index (κ3) is 5.55. The van der Waals surface area contributed by atoms with Crippen molar-refractivity contribution < 1.29 is 4.79 Å². The lowest BCUT2D eigenvalue weighted by atomic mass is 9.73. The molecule has 0 unspecified atom stereocenters. The highest BCUT2D eigenvalue weighted by molar-refractivity contribution is 5.84. The van der Waals surface area contributed by atoms with E-state index in [0.29, 0.717) is 19.5 Å². The smallest absolute Gasteiger partial charge is 0.228 e. The third-order valence-electron chi connectivity index (χ3n) is 6.39. The molecular formula is C28H32N4O. The molecule has 0 radical (unpaired) electrons. The van der Waals surface area contributed by atoms with Crippen molar-refractivity contribution >= 4 is 5.91 Å². The van der Waals surface area contributed by atoms with Crippen LogP contribution in [0.4, 0.5) is 0 Å². The highest BCUT2D eigenvalue weighted by atomic mass is 16.2. The van der Waals surface area contributed by atoms with E-state index in [4.69, 9.17) is 0 Å². The van der Waals surface area contributed by atoms with E-state index < -0.39 is 5.41 Å². The van der Waals surface area contributed by atoms with Gasteiger partial charge in [-0.2, -0.15) is 0 Å². The first-order valence-corrected chi connectivity index (χ1v) is 11.6. The first-order chi connectivity index (χ1) is 16.1. The van der Waals surface area contributed by atoms with E-state index in [9.17, 15) is 4.79 Å². The third-order valence-corrected chi connectivity index (χ3v) is 6.39. The van der Waals surface area contributed by atoms with Crippen LogP contribution in [0, 0.1) is 12.3 Å². The summed E-state index contributed by atoms with van der Waals surface area (Å²) >= 11 is 0. The fourth-order valence-corrected chi connectivity index (χ4v) is 4.88. The summed E-state index contributed by atoms with van der Waals surface area (Å²) in [6.45, 7) is 8.69. The molecular weight excluding hydrogens is 408 g/mol. The van der Waals surface area contributed by atoms with E-state index in [1.165, 1.54) is 5.56 Å². The van der Waals surface area contributed by atoms with E-state index in [0.717, 1.165) is 48.4 Å². The van der Waals surface area contributed by atoms with E-state index in [-0.39, 0.29) is 5.91 Å². The number of nitrogens with zero attached hydrogens (tertiary/aromatic N) is 3. The fourth-order valence-electron chi connectivity index (χ4n) is 4.88. The van der Waals surface area contributed by atoms with E-state index in [1.54, 1.807) is 12.3 Å². The van der Waals surface area contributed by atoms with E-state index >= 15 is 0 Å². The summed E-state index contributed by atoms with van der Waals surface area (Å²) in [5, 5.41) is 3.10. The Kier molecular flexibility index (Phi) is 7.30. The van der Waals surface area contributed by atoms with Crippen LogP contribution < -0.4 is 5.32 Å². The van der Waals surface area contributed by atoms with Crippen molar-refractivity contribution in [2.45, 2.75) is 32.7 Å². The SMILES string of the molecule is C=CCNC(=O)[C@@]1(Cc2ccccc2-c2cccnc2)CCCN(Cc2cccc(C)n2)C1. The molecule has 1 saturated heterocycles. The van der Waals surface area contributed by atoms with Crippen LogP contribution in [-0.4, -0.2) is 40.4 Å². The molecule has 1 N–H and O–H groups in total. The Morgan fingerprint density at radius 2 is 2.06 bits per heavy atom. The summed E-state index contributed by atoms with van der Waals surface area (Å²) in [6.07, 6.45) is 7.93. The number of carbonyl (C=O) groups excluding carboxylic acids is 1. The number of aryl methyl sites for hydroxylation is 1. The molecule has 0 aliphatic carbocycles. The average Bonchev–Trinajstić information content (AvgIpc) is 2.83. The Hall–Kier alpha value is -3.31. The topological polar surface area (TPSA) is 58.1 Å². The zero-order valence-electron chi connectivity index (χ0n) is 19.3. The van der Waals surface area contributed by atoms with Crippen LogP contribution in [0.25, 0.3) is 11.1 Å². The maximum atomic E-state index is 13.6. The lowest BCUT2D eigenvalue weighted by Crippen LogP contribution is -2.53. The molecule has 0 saturated carbocycles. The summed E-state index contributed by atoms with van der Waals surface area (Å²) in [5.41, 5.74) is 4.95. The molecule has 3 heterocycles. The second kappa shape index (κ2) is 10.5. The van der Waals surface area contributed by atoms with Crippen molar-refractivity contribution in [3.63, 3.8) is 0 Å². The van der Waals surface area contributed by atoms with Crippen LogP contribution in [0.3, 0.4) is 0 Å². The molecule has 170 valence electrons. The van der Waals surface area contributed by atoms with Gasteiger partial charge in [0.1, 0.15) is 0 Å². The molecule has 1 fully saturated rings. The highest BCUT2D eigenvalue weighted by Crippen LogP contribution is 2.37. The number of piperidine rings is 1. The van der Waals surface area contributed by atoms with Crippen LogP contribution in [0.2, 0.25) is 0 Å². The summed E-state index contributed by atoms with van der Waals surface area (Å²) in [6, 6.07) is 18.5. The van der Waals surface area contributed by atoms with Gasteiger partial charge in [0.25, 0.3) is 0 Å². The van der Waals surface area contributed by atoms with Crippen molar-refractivity contribution in [1.82, 2.24) is 20.2 Å². The van der Waals surface area contributed by atoms with Crippen LogP contribution in [0.5, 0.6) is 0 Å². The quantitative estimate of drug-likeness (QED) is 0.521. The normalized spacial score (nSPS) is 18.6. The zero-order valence-corrected chi connectivity index (χ0v) is 19.3. The van der Waals surface area contributed by atoms with Gasteiger partial charge in [-0.3, -0.25) is 19.7 Å². The number of hydrogen-bond donors (Lipinski definition) is 1. The molecule has 5 nitrogen and oxygen atoms in total. The minimum atomic E-state index is -0.511. The molecule has 0 bridgehead atoms. The Morgan fingerprint density at radius 3 is 2.85 bits per heavy atom. The molecule has 4 rings (SSSR count). The summed E-state index contributed by atoms with van der Waals surface area (Å²) < 4.78 is 0. The van der Waals surface area contributed by atoms with Gasteiger partial charge in [-0.05, 0) is 62.1 Å². The average molecular weight is 441 g/mol. The van der Waals surface area contributed by atoms with Gasteiger partial charge in [0.2, 0.25) is 5.91 Å². The lowest BCUT2D eigenvalue weighted by Gasteiger charge is -2.42. The van der Waals surface area contributed by atoms with Crippen molar-refractivity contribution in [2.24, 2.45) is 5.41 Å². The second-order valence-electron chi connectivity index (χ2n) is 8.94. The van der Waals surface area contributed by atoms with Crippen molar-refractivity contribution in [2.75, 3.05) is 19.6 Å². The number of aromatic nitrogens is 2. The Balaban J connectivity index is 1.64. The molecule has 1 aliphatic rings. The van der Waals surface area contributed by atoms with Crippen LogP contribution in [-0.2, 0) is 17.8 Å². The molecule has 33 heavy (non-hydrogen) atoms. The maximum absolute atomic E-state index is 13.6. The minimum Gasteiger partial charge on any atom is -0.352 e. The molecule has 1 aliphatic heterocycles. The van der Waals surface area contributed by atoms with E-state index in [1.807, 2.05) is 31.3 Å². The predicted molar refractivity (Wildman–Crippen MR) is 133 cm³/mol. The standard InChI is InChI=1S/C28H32N4O/c1-3-15-30-27(33)28(14-8-17-32(21-28)20-25-12-6-9-22(2)31-25)18-23-10-4-5-13-26(23)24-11-7-16-29-19-24/h3-7,9-13,16,19H,1,8,14-15,17-18,20-21H2,2H3,(H,30,33)/t28-/m1/s1. The first-order valence-electron chi connectivity index (χ1n) is 11.6. The number of carbonyl (C=O) groups is 1. The molecule has 3 aromatic rings. The van der Waals surface area contributed by atoms with Crippen molar-refractivity contribution in [3.8, 4) is 11.1 Å². The van der Waals surface area contributed by atoms with Crippen LogP contribution in [0.1, 0.15) is 29.8 Å². The molecule has 5 heteroatoms. The number of benzene rings is 1. The van der Waals surface area contributed by atoms with Gasteiger partial charge >= 0.3 is 0 Å². The monoisotopic (exact) mass is 440 g/mol. The van der Waals surface area contributed by atoms with Gasteiger partial charge in [0.05, 0.1) is 11.1 Å². The minimum absolute atomic E-state index is 0.102. The number of hydrogen-bond acceptors (Lipinski definition) is 4. The highest BCUT2D eigenvalue weighted by Gasteiger charge is 2.42. The number of likely N-dealkylation sites (tertiary alicyclic amines) is 1. The zero-order chi connectivity index (χ0) is 23.1. The summed E-state index contributed by atoms with van der Waals surface area (Å²) in [4.78, 5) is 24.9. The Bertz CT molecular complexity index is 1100. The van der Waals surface area contributed by atoms with Gasteiger partial charge < -0.3 is 5.32 Å². The van der Waals surface area contributed by atoms with Gasteiger partial charge in [-0.15, -0.1) is 6.58 Å². The fraction of sp³-hybridized carbons (Fsp3) is 0.321. The molecule has 1 atom stereocenters. The molecule has 0 spiro atoms. The molecule has 1 aromatic carbocycles.